The minimum atomic E-state index is 0.637. The monoisotopic (exact) mass is 346 g/mol. The summed E-state index contributed by atoms with van der Waals surface area (Å²) in [4.78, 5) is 7.68. The predicted octanol–water partition coefficient (Wildman–Crippen LogP) is 3.18. The number of hydrogen-bond donors (Lipinski definition) is 0. The van der Waals surface area contributed by atoms with E-state index in [-0.39, 0.29) is 0 Å². The number of rotatable bonds is 4. The summed E-state index contributed by atoms with van der Waals surface area (Å²) < 4.78 is 1.37. The average Bonchev–Trinajstić information content (AvgIpc) is 3.31. The van der Waals surface area contributed by atoms with Gasteiger partial charge in [-0.1, -0.05) is 48.6 Å². The fraction of sp³-hybridized carbons (Fsp3) is 0.318. The molecule has 5 rings (SSSR count). The molecule has 3 heteroatoms. The van der Waals surface area contributed by atoms with Gasteiger partial charge in [0.05, 0.1) is 14.9 Å². The van der Waals surface area contributed by atoms with Crippen LogP contribution in [0.5, 0.6) is 0 Å². The van der Waals surface area contributed by atoms with Crippen LogP contribution in [-0.4, -0.2) is 22.5 Å². The van der Waals surface area contributed by atoms with Crippen molar-refractivity contribution in [1.29, 1.82) is 0 Å². The van der Waals surface area contributed by atoms with E-state index in [2.05, 4.69) is 59.5 Å². The Hall–Kier alpha value is -1.97. The Morgan fingerprint density at radius 3 is 3.04 bits per heavy atom. The first-order valence-electron chi connectivity index (χ1n) is 9.22. The van der Waals surface area contributed by atoms with Crippen LogP contribution in [0.15, 0.2) is 54.1 Å². The number of nitrogens with zero attached hydrogens (tertiary/aromatic N) is 2. The number of thiazole rings is 1. The number of aromatic nitrogens is 1. The van der Waals surface area contributed by atoms with E-state index in [0.29, 0.717) is 6.04 Å². The molecule has 1 atom stereocenters. The van der Waals surface area contributed by atoms with Gasteiger partial charge in [0.25, 0.3) is 0 Å². The second kappa shape index (κ2) is 6.40. The molecule has 0 spiro atoms. The molecular formula is C22H22N2S. The van der Waals surface area contributed by atoms with Gasteiger partial charge < -0.3 is 0 Å². The lowest BCUT2D eigenvalue weighted by molar-refractivity contribution is 0.244. The molecule has 2 heterocycles. The molecule has 1 saturated heterocycles. The highest BCUT2D eigenvalue weighted by Gasteiger charge is 2.26. The van der Waals surface area contributed by atoms with Crippen molar-refractivity contribution in [2.45, 2.75) is 38.3 Å². The minimum Gasteiger partial charge on any atom is -0.296 e. The van der Waals surface area contributed by atoms with Crippen molar-refractivity contribution in [2.24, 2.45) is 0 Å². The molecule has 25 heavy (non-hydrogen) atoms. The predicted molar refractivity (Wildman–Crippen MR) is 105 cm³/mol. The Morgan fingerprint density at radius 1 is 1.20 bits per heavy atom. The third-order valence-corrected chi connectivity index (χ3v) is 6.51. The molecule has 0 amide bonds. The van der Waals surface area contributed by atoms with Crippen molar-refractivity contribution in [2.75, 3.05) is 6.54 Å². The number of likely N-dealkylation sites (tertiary alicyclic amines) is 1. The van der Waals surface area contributed by atoms with Gasteiger partial charge in [0.2, 0.25) is 0 Å². The summed E-state index contributed by atoms with van der Waals surface area (Å²) in [7, 11) is 0. The highest BCUT2D eigenvalue weighted by molar-refractivity contribution is 7.09. The third-order valence-electron chi connectivity index (χ3n) is 5.49. The minimum absolute atomic E-state index is 0.637. The van der Waals surface area contributed by atoms with Gasteiger partial charge in [-0.3, -0.25) is 4.90 Å². The van der Waals surface area contributed by atoms with Crippen molar-refractivity contribution in [1.82, 2.24) is 9.88 Å². The number of benzene rings is 1. The first-order chi connectivity index (χ1) is 12.4. The van der Waals surface area contributed by atoms with Crippen LogP contribution in [0.3, 0.4) is 0 Å². The summed E-state index contributed by atoms with van der Waals surface area (Å²) >= 11 is 1.90. The van der Waals surface area contributed by atoms with Crippen LogP contribution in [0.4, 0.5) is 0 Å². The summed E-state index contributed by atoms with van der Waals surface area (Å²) in [5.41, 5.74) is 4.21. The van der Waals surface area contributed by atoms with Crippen LogP contribution in [0.1, 0.15) is 29.8 Å². The Balaban J connectivity index is 1.36. The summed E-state index contributed by atoms with van der Waals surface area (Å²) in [6.45, 7) is 2.28. The molecular weight excluding hydrogens is 324 g/mol. The molecule has 1 aromatic carbocycles. The Bertz CT molecular complexity index is 965. The molecule has 2 aliphatic carbocycles. The van der Waals surface area contributed by atoms with Crippen molar-refractivity contribution < 1.29 is 0 Å². The maximum absolute atomic E-state index is 5.03. The zero-order valence-electron chi connectivity index (χ0n) is 14.3. The summed E-state index contributed by atoms with van der Waals surface area (Å²) in [6, 6.07) is 11.5. The van der Waals surface area contributed by atoms with Crippen LogP contribution >= 0.6 is 11.3 Å². The maximum Gasteiger partial charge on any atom is 0.0954 e. The molecule has 126 valence electrons. The second-order valence-corrected chi connectivity index (χ2v) is 8.27. The highest BCUT2D eigenvalue weighted by atomic mass is 32.1. The molecule has 2 aromatic rings. The topological polar surface area (TPSA) is 16.1 Å². The van der Waals surface area contributed by atoms with Crippen LogP contribution in [0.2, 0.25) is 0 Å². The van der Waals surface area contributed by atoms with E-state index in [1.807, 2.05) is 11.3 Å². The van der Waals surface area contributed by atoms with Gasteiger partial charge in [0.1, 0.15) is 0 Å². The quantitative estimate of drug-likeness (QED) is 0.845. The number of allylic oxidation sites excluding steroid dienone is 4. The van der Waals surface area contributed by atoms with Crippen LogP contribution < -0.4 is 9.88 Å². The molecule has 0 radical (unpaired) electrons. The van der Waals surface area contributed by atoms with Gasteiger partial charge in [0, 0.05) is 19.0 Å². The zero-order chi connectivity index (χ0) is 16.6. The molecule has 3 aliphatic rings. The molecule has 1 aromatic heterocycles. The maximum atomic E-state index is 5.03. The Labute approximate surface area is 152 Å². The van der Waals surface area contributed by atoms with Crippen LogP contribution in [-0.2, 0) is 13.0 Å². The molecule has 0 N–H and O–H groups in total. The van der Waals surface area contributed by atoms with Crippen molar-refractivity contribution >= 4 is 23.0 Å². The van der Waals surface area contributed by atoms with Gasteiger partial charge in [-0.2, -0.15) is 0 Å². The number of fused-ring (bicyclic) bond motifs is 2. The van der Waals surface area contributed by atoms with Gasteiger partial charge in [0.15, 0.2) is 0 Å². The van der Waals surface area contributed by atoms with E-state index in [0.717, 1.165) is 19.4 Å². The first-order valence-corrected chi connectivity index (χ1v) is 10.0. The Kier molecular flexibility index (Phi) is 3.91. The lowest BCUT2D eigenvalue weighted by Crippen LogP contribution is -2.30. The summed E-state index contributed by atoms with van der Waals surface area (Å²) in [5.74, 6) is 0. The first kappa shape index (κ1) is 15.3. The molecule has 0 bridgehead atoms. The number of hydrogen-bond acceptors (Lipinski definition) is 3. The SMILES string of the molecule is C1=CCC2=c3nc(CC4CCCN4Cc4ccccc4)sc3=CC2=C1. The lowest BCUT2D eigenvalue weighted by atomic mass is 10.0. The molecule has 2 nitrogen and oxygen atoms in total. The smallest absolute Gasteiger partial charge is 0.0954 e. The fourth-order valence-corrected chi connectivity index (χ4v) is 5.34. The Morgan fingerprint density at radius 2 is 2.12 bits per heavy atom. The van der Waals surface area contributed by atoms with E-state index in [9.17, 15) is 0 Å². The third kappa shape index (κ3) is 2.92. The van der Waals surface area contributed by atoms with Crippen LogP contribution in [0.25, 0.3) is 11.6 Å². The zero-order valence-corrected chi connectivity index (χ0v) is 15.1. The van der Waals surface area contributed by atoms with Crippen molar-refractivity contribution in [3.63, 3.8) is 0 Å². The van der Waals surface area contributed by atoms with Gasteiger partial charge >= 0.3 is 0 Å². The van der Waals surface area contributed by atoms with Gasteiger partial charge in [-0.05, 0) is 48.6 Å². The summed E-state index contributed by atoms with van der Waals surface area (Å²) in [6.07, 6.45) is 13.7. The standard InChI is InChI=1S/C22H22N2S/c1-2-7-16(8-3-1)15-24-12-6-10-18(24)14-21-23-22-19-11-5-4-9-17(19)13-20(22)25-21/h1-5,7-9,13,18H,6,10-12,14-15H2. The molecule has 1 aliphatic heterocycles. The van der Waals surface area contributed by atoms with Crippen molar-refractivity contribution in [3.05, 3.63) is 74.6 Å². The molecule has 1 unspecified atom stereocenters. The normalized spacial score (nSPS) is 21.8. The van der Waals surface area contributed by atoms with E-state index in [4.69, 9.17) is 4.98 Å². The molecule has 1 fully saturated rings. The van der Waals surface area contributed by atoms with Crippen molar-refractivity contribution in [3.8, 4) is 0 Å². The van der Waals surface area contributed by atoms with E-state index < -0.39 is 0 Å². The summed E-state index contributed by atoms with van der Waals surface area (Å²) in [5, 5.41) is 2.57. The second-order valence-electron chi connectivity index (χ2n) is 7.15. The van der Waals surface area contributed by atoms with Gasteiger partial charge in [-0.25, -0.2) is 4.98 Å². The highest BCUT2D eigenvalue weighted by Crippen LogP contribution is 2.26. The van der Waals surface area contributed by atoms with E-state index in [1.54, 1.807) is 0 Å². The van der Waals surface area contributed by atoms with Crippen LogP contribution in [0, 0.1) is 0 Å². The average molecular weight is 346 g/mol. The largest absolute Gasteiger partial charge is 0.296 e. The lowest BCUT2D eigenvalue weighted by Gasteiger charge is -2.23. The molecule has 0 saturated carbocycles. The fourth-order valence-electron chi connectivity index (χ4n) is 4.22. The van der Waals surface area contributed by atoms with E-state index >= 15 is 0 Å². The van der Waals surface area contributed by atoms with E-state index in [1.165, 1.54) is 51.0 Å². The van der Waals surface area contributed by atoms with Gasteiger partial charge in [-0.15, -0.1) is 11.3 Å².